The third-order valence-corrected chi connectivity index (χ3v) is 5.77. The van der Waals surface area contributed by atoms with Crippen molar-refractivity contribution in [2.24, 2.45) is 4.99 Å². The fraction of sp³-hybridized carbons (Fsp3) is 0.524. The molecular weight excluding hydrogens is 538 g/mol. The number of alkyl halides is 3. The van der Waals surface area contributed by atoms with Crippen molar-refractivity contribution in [1.82, 2.24) is 20.5 Å². The van der Waals surface area contributed by atoms with Gasteiger partial charge < -0.3 is 10.6 Å². The molecule has 5 nitrogen and oxygen atoms in total. The van der Waals surface area contributed by atoms with E-state index < -0.39 is 11.7 Å². The maximum Gasteiger partial charge on any atom is 0.416 e. The summed E-state index contributed by atoms with van der Waals surface area (Å²) in [6.45, 7) is 7.86. The number of nitrogens with one attached hydrogen (secondary N) is 2. The van der Waals surface area contributed by atoms with Gasteiger partial charge in [-0.25, -0.2) is 4.98 Å². The van der Waals surface area contributed by atoms with Gasteiger partial charge in [0.2, 0.25) is 0 Å². The molecule has 172 valence electrons. The number of hydrogen-bond donors (Lipinski definition) is 2. The van der Waals surface area contributed by atoms with Crippen molar-refractivity contribution in [3.8, 4) is 0 Å². The number of likely N-dealkylation sites (tertiary alicyclic amines) is 1. The lowest BCUT2D eigenvalue weighted by Gasteiger charge is -2.19. The van der Waals surface area contributed by atoms with Gasteiger partial charge in [-0.3, -0.25) is 9.89 Å². The average molecular weight is 567 g/mol. The second-order valence-electron chi connectivity index (χ2n) is 7.43. The molecule has 2 aromatic rings. The Morgan fingerprint density at radius 2 is 2.03 bits per heavy atom. The summed E-state index contributed by atoms with van der Waals surface area (Å²) in [5.41, 5.74) is 1.36. The highest BCUT2D eigenvalue weighted by molar-refractivity contribution is 14.0. The Labute approximate surface area is 202 Å². The number of thiazole rings is 1. The van der Waals surface area contributed by atoms with Crippen molar-refractivity contribution in [2.75, 3.05) is 26.2 Å². The van der Waals surface area contributed by atoms with Gasteiger partial charge in [0.05, 0.1) is 16.3 Å². The van der Waals surface area contributed by atoms with Crippen LogP contribution < -0.4 is 10.6 Å². The SMILES string of the molecule is CCNC(=NCCc1csc(C)n1)NC1CCN(Cc2ccc(C(F)(F)F)cc2)C1.I. The molecule has 1 aliphatic heterocycles. The van der Waals surface area contributed by atoms with Crippen molar-refractivity contribution in [3.63, 3.8) is 0 Å². The Morgan fingerprint density at radius 3 is 2.65 bits per heavy atom. The summed E-state index contributed by atoms with van der Waals surface area (Å²) in [4.78, 5) is 11.4. The van der Waals surface area contributed by atoms with Gasteiger partial charge >= 0.3 is 6.18 Å². The molecule has 1 saturated heterocycles. The summed E-state index contributed by atoms with van der Waals surface area (Å²) in [5.74, 6) is 0.797. The molecule has 1 aliphatic rings. The first kappa shape index (κ1) is 25.9. The number of rotatable bonds is 7. The second-order valence-corrected chi connectivity index (χ2v) is 8.49. The number of benzene rings is 1. The highest BCUT2D eigenvalue weighted by atomic mass is 127. The van der Waals surface area contributed by atoms with Crippen LogP contribution in [-0.2, 0) is 19.1 Å². The number of aryl methyl sites for hydroxylation is 1. The Hall–Kier alpha value is -1.40. The highest BCUT2D eigenvalue weighted by Gasteiger charge is 2.30. The number of aromatic nitrogens is 1. The van der Waals surface area contributed by atoms with Crippen LogP contribution in [0.1, 0.15) is 35.2 Å². The van der Waals surface area contributed by atoms with Gasteiger partial charge in [0, 0.05) is 50.6 Å². The maximum atomic E-state index is 12.7. The zero-order valence-electron chi connectivity index (χ0n) is 17.7. The lowest BCUT2D eigenvalue weighted by atomic mass is 10.1. The van der Waals surface area contributed by atoms with Gasteiger partial charge in [0.25, 0.3) is 0 Å². The van der Waals surface area contributed by atoms with Crippen LogP contribution >= 0.6 is 35.3 Å². The van der Waals surface area contributed by atoms with Crippen molar-refractivity contribution in [1.29, 1.82) is 0 Å². The number of guanidine groups is 1. The summed E-state index contributed by atoms with van der Waals surface area (Å²) >= 11 is 1.65. The highest BCUT2D eigenvalue weighted by Crippen LogP contribution is 2.29. The fourth-order valence-corrected chi connectivity index (χ4v) is 4.12. The Kier molecular flexibility index (Phi) is 10.0. The van der Waals surface area contributed by atoms with Crippen LogP contribution in [0.15, 0.2) is 34.6 Å². The Balaban J connectivity index is 0.00000341. The summed E-state index contributed by atoms with van der Waals surface area (Å²) in [6, 6.07) is 5.70. The lowest BCUT2D eigenvalue weighted by molar-refractivity contribution is -0.137. The number of aliphatic imine (C=N–C) groups is 1. The molecule has 0 saturated carbocycles. The number of nitrogens with zero attached hydrogens (tertiary/aromatic N) is 3. The molecule has 1 unspecified atom stereocenters. The Morgan fingerprint density at radius 1 is 1.29 bits per heavy atom. The van der Waals surface area contributed by atoms with Crippen LogP contribution in [-0.4, -0.2) is 48.1 Å². The number of halogens is 4. The minimum atomic E-state index is -4.29. The van der Waals surface area contributed by atoms with E-state index in [1.54, 1.807) is 23.5 Å². The third-order valence-electron chi connectivity index (χ3n) is 4.95. The molecule has 0 amide bonds. The van der Waals surface area contributed by atoms with E-state index in [-0.39, 0.29) is 30.0 Å². The molecule has 1 atom stereocenters. The van der Waals surface area contributed by atoms with E-state index in [0.29, 0.717) is 13.1 Å². The largest absolute Gasteiger partial charge is 0.416 e. The molecule has 1 aromatic carbocycles. The molecule has 0 spiro atoms. The summed E-state index contributed by atoms with van der Waals surface area (Å²) < 4.78 is 38.1. The van der Waals surface area contributed by atoms with Crippen LogP contribution in [0.2, 0.25) is 0 Å². The minimum Gasteiger partial charge on any atom is -0.357 e. The molecule has 0 aliphatic carbocycles. The van der Waals surface area contributed by atoms with E-state index in [2.05, 4.69) is 30.9 Å². The van der Waals surface area contributed by atoms with E-state index in [1.165, 1.54) is 0 Å². The molecular formula is C21H29F3IN5S. The van der Waals surface area contributed by atoms with Gasteiger partial charge in [-0.15, -0.1) is 35.3 Å². The van der Waals surface area contributed by atoms with Crippen LogP contribution in [0.5, 0.6) is 0 Å². The quantitative estimate of drug-likeness (QED) is 0.295. The molecule has 10 heteroatoms. The van der Waals surface area contributed by atoms with E-state index in [0.717, 1.165) is 66.8 Å². The monoisotopic (exact) mass is 567 g/mol. The van der Waals surface area contributed by atoms with Gasteiger partial charge in [-0.2, -0.15) is 13.2 Å². The second kappa shape index (κ2) is 12.0. The number of hydrogen-bond acceptors (Lipinski definition) is 4. The van der Waals surface area contributed by atoms with Crippen LogP contribution in [0.25, 0.3) is 0 Å². The first-order valence-electron chi connectivity index (χ1n) is 10.2. The maximum absolute atomic E-state index is 12.7. The van der Waals surface area contributed by atoms with Crippen LogP contribution in [0, 0.1) is 6.92 Å². The van der Waals surface area contributed by atoms with Gasteiger partial charge in [-0.1, -0.05) is 12.1 Å². The zero-order chi connectivity index (χ0) is 21.6. The smallest absolute Gasteiger partial charge is 0.357 e. The van der Waals surface area contributed by atoms with E-state index >= 15 is 0 Å². The zero-order valence-corrected chi connectivity index (χ0v) is 20.9. The molecule has 0 bridgehead atoms. The fourth-order valence-electron chi connectivity index (χ4n) is 3.47. The summed E-state index contributed by atoms with van der Waals surface area (Å²) in [6.07, 6.45) is -2.51. The van der Waals surface area contributed by atoms with Gasteiger partial charge in [-0.05, 0) is 38.0 Å². The lowest BCUT2D eigenvalue weighted by Crippen LogP contribution is -2.44. The summed E-state index contributed by atoms with van der Waals surface area (Å²) in [5, 5.41) is 9.90. The molecule has 2 N–H and O–H groups in total. The van der Waals surface area contributed by atoms with Crippen molar-refractivity contribution < 1.29 is 13.2 Å². The Bertz CT molecular complexity index is 838. The summed E-state index contributed by atoms with van der Waals surface area (Å²) in [7, 11) is 0. The molecule has 1 aromatic heterocycles. The van der Waals surface area contributed by atoms with Crippen molar-refractivity contribution in [2.45, 2.75) is 45.5 Å². The predicted molar refractivity (Wildman–Crippen MR) is 130 cm³/mol. The molecule has 1 fully saturated rings. The molecule has 3 rings (SSSR count). The van der Waals surface area contributed by atoms with Crippen molar-refractivity contribution in [3.05, 3.63) is 51.5 Å². The normalized spacial score (nSPS) is 17.5. The van der Waals surface area contributed by atoms with Crippen molar-refractivity contribution >= 4 is 41.3 Å². The van der Waals surface area contributed by atoms with Gasteiger partial charge in [0.15, 0.2) is 5.96 Å². The van der Waals surface area contributed by atoms with E-state index in [4.69, 9.17) is 0 Å². The molecule has 31 heavy (non-hydrogen) atoms. The topological polar surface area (TPSA) is 52.6 Å². The first-order chi connectivity index (χ1) is 14.3. The first-order valence-corrected chi connectivity index (χ1v) is 11.1. The van der Waals surface area contributed by atoms with E-state index in [1.807, 2.05) is 13.8 Å². The van der Waals surface area contributed by atoms with Gasteiger partial charge in [0.1, 0.15) is 0 Å². The molecule has 2 heterocycles. The molecule has 0 radical (unpaired) electrons. The van der Waals surface area contributed by atoms with Crippen LogP contribution in [0.3, 0.4) is 0 Å². The standard InChI is InChI=1S/C21H28F3N5S.HI/c1-3-25-20(26-10-8-19-14-30-15(2)27-19)28-18-9-11-29(13-18)12-16-4-6-17(7-5-16)21(22,23)24;/h4-7,14,18H,3,8-13H2,1-2H3,(H2,25,26,28);1H. The van der Waals surface area contributed by atoms with Crippen LogP contribution in [0.4, 0.5) is 13.2 Å². The van der Waals surface area contributed by atoms with E-state index in [9.17, 15) is 13.2 Å². The predicted octanol–water partition coefficient (Wildman–Crippen LogP) is 4.46. The average Bonchev–Trinajstić information content (AvgIpc) is 3.30. The minimum absolute atomic E-state index is 0. The third kappa shape index (κ3) is 8.23.